The maximum absolute atomic E-state index is 12.1. The molecule has 0 saturated heterocycles. The van der Waals surface area contributed by atoms with Crippen LogP contribution in [0.1, 0.15) is 29.8 Å². The first-order valence-corrected chi connectivity index (χ1v) is 8.22. The van der Waals surface area contributed by atoms with Gasteiger partial charge in [-0.15, -0.1) is 0 Å². The van der Waals surface area contributed by atoms with Crippen molar-refractivity contribution < 1.29 is 14.0 Å². The van der Waals surface area contributed by atoms with Gasteiger partial charge in [-0.1, -0.05) is 6.08 Å². The van der Waals surface area contributed by atoms with Gasteiger partial charge in [-0.3, -0.25) is 9.59 Å². The maximum atomic E-state index is 12.1. The van der Waals surface area contributed by atoms with E-state index in [1.807, 2.05) is 12.2 Å². The van der Waals surface area contributed by atoms with E-state index in [0.29, 0.717) is 10.4 Å². The zero-order chi connectivity index (χ0) is 16.0. The van der Waals surface area contributed by atoms with Gasteiger partial charge in [0.2, 0.25) is 0 Å². The van der Waals surface area contributed by atoms with Gasteiger partial charge in [0.15, 0.2) is 10.4 Å². The molecule has 2 amide bonds. The number of rotatable bonds is 1. The number of hydrogen-bond donors (Lipinski definition) is 1. The van der Waals surface area contributed by atoms with Crippen LogP contribution in [0.15, 0.2) is 61.3 Å². The van der Waals surface area contributed by atoms with Crippen molar-refractivity contribution in [3.05, 3.63) is 57.6 Å². The Morgan fingerprint density at radius 3 is 3.00 bits per heavy atom. The van der Waals surface area contributed by atoms with Crippen molar-refractivity contribution in [1.82, 2.24) is 5.32 Å². The molecule has 1 N–H and O–H groups in total. The summed E-state index contributed by atoms with van der Waals surface area (Å²) in [7, 11) is 0. The van der Waals surface area contributed by atoms with E-state index in [1.54, 1.807) is 18.2 Å². The third-order valence-corrected chi connectivity index (χ3v) is 4.71. The summed E-state index contributed by atoms with van der Waals surface area (Å²) in [4.78, 5) is 28.2. The lowest BCUT2D eigenvalue weighted by atomic mass is 9.85. The molecule has 1 aliphatic heterocycles. The fraction of sp³-hybridized carbons (Fsp3) is 0.235. The summed E-state index contributed by atoms with van der Waals surface area (Å²) in [6.45, 7) is 0. The number of nitrogens with one attached hydrogen (secondary N) is 1. The van der Waals surface area contributed by atoms with E-state index in [-0.39, 0.29) is 17.6 Å². The van der Waals surface area contributed by atoms with E-state index >= 15 is 0 Å². The molecule has 3 aliphatic rings. The lowest BCUT2D eigenvalue weighted by molar-refractivity contribution is -0.117. The summed E-state index contributed by atoms with van der Waals surface area (Å²) in [5.74, 6) is -0.187. The van der Waals surface area contributed by atoms with Gasteiger partial charge in [-0.25, -0.2) is 4.99 Å². The van der Waals surface area contributed by atoms with Crippen LogP contribution in [0.4, 0.5) is 0 Å². The van der Waals surface area contributed by atoms with Crippen LogP contribution in [-0.2, 0) is 4.79 Å². The summed E-state index contributed by atoms with van der Waals surface area (Å²) in [6, 6.07) is 3.21. The number of aliphatic imine (C=N–C) groups is 1. The number of furan rings is 1. The predicted octanol–water partition coefficient (Wildman–Crippen LogP) is 3.30. The molecule has 23 heavy (non-hydrogen) atoms. The zero-order valence-electron chi connectivity index (χ0n) is 12.1. The second-order valence-electron chi connectivity index (χ2n) is 5.69. The molecule has 5 nitrogen and oxygen atoms in total. The molecule has 4 rings (SSSR count). The molecule has 1 atom stereocenters. The fourth-order valence-corrected chi connectivity index (χ4v) is 3.57. The third kappa shape index (κ3) is 2.53. The molecule has 1 aromatic rings. The second-order valence-corrected chi connectivity index (χ2v) is 6.48. The molecule has 1 aromatic heterocycles. The number of carbonyl (C=O) groups excluding carboxylic acids is 2. The Morgan fingerprint density at radius 2 is 2.22 bits per heavy atom. The Balaban J connectivity index is 1.63. The van der Waals surface area contributed by atoms with Crippen molar-refractivity contribution in [3.63, 3.8) is 0 Å². The minimum absolute atomic E-state index is 0.0176. The monoisotopic (exact) mass is 372 g/mol. The van der Waals surface area contributed by atoms with Crippen molar-refractivity contribution in [1.29, 1.82) is 0 Å². The standard InChI is InChI=1S/C17H13BrN2O3/c18-15-7-6-14(23-15)17(22)19-9-4-5-11-10-2-1-3-12(10)16(21)20-13(11)8-9/h4-8,11H,1-3H2,(H,20,21). The van der Waals surface area contributed by atoms with Crippen LogP contribution in [-0.4, -0.2) is 17.5 Å². The number of amides is 2. The molecular weight excluding hydrogens is 360 g/mol. The number of allylic oxidation sites excluding steroid dienone is 3. The van der Waals surface area contributed by atoms with Gasteiger partial charge in [0.1, 0.15) is 0 Å². The minimum Gasteiger partial charge on any atom is -0.444 e. The first-order chi connectivity index (χ1) is 11.1. The minimum atomic E-state index is -0.450. The molecule has 0 saturated carbocycles. The summed E-state index contributed by atoms with van der Waals surface area (Å²) >= 11 is 3.16. The molecule has 2 heterocycles. The van der Waals surface area contributed by atoms with Crippen LogP contribution >= 0.6 is 15.9 Å². The summed E-state index contributed by atoms with van der Waals surface area (Å²) in [5.41, 5.74) is 3.44. The third-order valence-electron chi connectivity index (χ3n) is 4.28. The highest BCUT2D eigenvalue weighted by Gasteiger charge is 2.34. The molecule has 6 heteroatoms. The van der Waals surface area contributed by atoms with Gasteiger partial charge in [0.25, 0.3) is 5.91 Å². The van der Waals surface area contributed by atoms with E-state index in [1.165, 1.54) is 5.57 Å². The number of halogens is 1. The molecule has 1 unspecified atom stereocenters. The smallest absolute Gasteiger partial charge is 0.313 e. The molecular formula is C17H13BrN2O3. The molecule has 0 radical (unpaired) electrons. The summed E-state index contributed by atoms with van der Waals surface area (Å²) < 4.78 is 5.69. The fourth-order valence-electron chi connectivity index (χ4n) is 3.26. The highest BCUT2D eigenvalue weighted by atomic mass is 79.9. The number of hydrogen-bond acceptors (Lipinski definition) is 3. The first kappa shape index (κ1) is 14.4. The molecule has 0 aromatic carbocycles. The highest BCUT2D eigenvalue weighted by molar-refractivity contribution is 9.10. The van der Waals surface area contributed by atoms with Crippen molar-refractivity contribution in [2.45, 2.75) is 19.3 Å². The van der Waals surface area contributed by atoms with Crippen LogP contribution < -0.4 is 5.32 Å². The Morgan fingerprint density at radius 1 is 1.35 bits per heavy atom. The number of nitrogens with zero attached hydrogens (tertiary/aromatic N) is 1. The van der Waals surface area contributed by atoms with Crippen molar-refractivity contribution >= 4 is 33.5 Å². The predicted molar refractivity (Wildman–Crippen MR) is 87.9 cm³/mol. The first-order valence-electron chi connectivity index (χ1n) is 7.43. The normalized spacial score (nSPS) is 24.4. The Bertz CT molecular complexity index is 842. The average Bonchev–Trinajstić information content (AvgIpc) is 3.16. The topological polar surface area (TPSA) is 71.7 Å². The van der Waals surface area contributed by atoms with Gasteiger partial charge in [0, 0.05) is 17.2 Å². The van der Waals surface area contributed by atoms with Crippen LogP contribution in [0.25, 0.3) is 0 Å². The van der Waals surface area contributed by atoms with Crippen LogP contribution in [0, 0.1) is 5.92 Å². The summed E-state index contributed by atoms with van der Waals surface area (Å²) in [6.07, 6.45) is 8.43. The van der Waals surface area contributed by atoms with Crippen molar-refractivity contribution in [2.75, 3.05) is 0 Å². The van der Waals surface area contributed by atoms with Crippen molar-refractivity contribution in [2.24, 2.45) is 10.9 Å². The van der Waals surface area contributed by atoms with Crippen LogP contribution in [0.5, 0.6) is 0 Å². The Hall–Kier alpha value is -2.21. The van der Waals surface area contributed by atoms with Gasteiger partial charge < -0.3 is 9.73 Å². The zero-order valence-corrected chi connectivity index (χ0v) is 13.7. The SMILES string of the molecule is O=C1NC2=CC(=NC(=O)c3ccc(Br)o3)C=CC2C2=C1CCC2. The number of carbonyl (C=O) groups is 2. The lowest BCUT2D eigenvalue weighted by Gasteiger charge is -2.28. The van der Waals surface area contributed by atoms with Crippen LogP contribution in [0.2, 0.25) is 0 Å². The summed E-state index contributed by atoms with van der Waals surface area (Å²) in [5, 5.41) is 2.93. The molecule has 0 spiro atoms. The van der Waals surface area contributed by atoms with Crippen LogP contribution in [0.3, 0.4) is 0 Å². The van der Waals surface area contributed by atoms with Gasteiger partial charge >= 0.3 is 5.91 Å². The van der Waals surface area contributed by atoms with Gasteiger partial charge in [-0.05, 0) is 65.1 Å². The molecule has 2 aliphatic carbocycles. The van der Waals surface area contributed by atoms with E-state index < -0.39 is 5.91 Å². The van der Waals surface area contributed by atoms with E-state index in [2.05, 4.69) is 26.2 Å². The average molecular weight is 373 g/mol. The van der Waals surface area contributed by atoms with Gasteiger partial charge in [0.05, 0.1) is 5.71 Å². The quantitative estimate of drug-likeness (QED) is 0.821. The van der Waals surface area contributed by atoms with E-state index in [0.717, 1.165) is 30.5 Å². The molecule has 0 fully saturated rings. The van der Waals surface area contributed by atoms with E-state index in [9.17, 15) is 9.59 Å². The largest absolute Gasteiger partial charge is 0.444 e. The Labute approximate surface area is 141 Å². The molecule has 116 valence electrons. The highest BCUT2D eigenvalue weighted by Crippen LogP contribution is 2.39. The lowest BCUT2D eigenvalue weighted by Crippen LogP contribution is -2.35. The van der Waals surface area contributed by atoms with E-state index in [4.69, 9.17) is 4.42 Å². The molecule has 0 bridgehead atoms. The Kier molecular flexibility index (Phi) is 3.41. The maximum Gasteiger partial charge on any atom is 0.313 e. The number of fused-ring (bicyclic) bond motifs is 2. The second kappa shape index (κ2) is 5.45. The van der Waals surface area contributed by atoms with Gasteiger partial charge in [-0.2, -0.15) is 0 Å². The van der Waals surface area contributed by atoms with Crippen molar-refractivity contribution in [3.8, 4) is 0 Å².